The quantitative estimate of drug-likeness (QED) is 0.553. The summed E-state index contributed by atoms with van der Waals surface area (Å²) in [6, 6.07) is 3.04. The molecule has 0 saturated heterocycles. The van der Waals surface area contributed by atoms with Crippen molar-refractivity contribution < 1.29 is 18.3 Å². The van der Waals surface area contributed by atoms with Crippen LogP contribution in [-0.2, 0) is 15.1 Å². The van der Waals surface area contributed by atoms with Gasteiger partial charge in [-0.25, -0.2) is 4.79 Å². The van der Waals surface area contributed by atoms with Crippen molar-refractivity contribution >= 4 is 32.5 Å². The Morgan fingerprint density at radius 3 is 2.50 bits per heavy atom. The van der Waals surface area contributed by atoms with Gasteiger partial charge in [-0.15, -0.1) is 11.3 Å². The van der Waals surface area contributed by atoms with Crippen LogP contribution in [0, 0.1) is 0 Å². The van der Waals surface area contributed by atoms with Crippen LogP contribution >= 0.6 is 11.3 Å². The van der Waals surface area contributed by atoms with Crippen molar-refractivity contribution in [2.45, 2.75) is 0 Å². The molecule has 0 unspecified atom stereocenters. The van der Waals surface area contributed by atoms with Crippen LogP contribution in [0.25, 0.3) is 0 Å². The van der Waals surface area contributed by atoms with Crippen LogP contribution in [0.1, 0.15) is 4.88 Å². The van der Waals surface area contributed by atoms with Crippen LogP contribution < -0.4 is 0 Å². The zero-order valence-corrected chi connectivity index (χ0v) is 7.35. The molecule has 1 N–H and O–H groups in total. The Balaban J connectivity index is 3.35. The lowest BCUT2D eigenvalue weighted by molar-refractivity contribution is -0.129. The van der Waals surface area contributed by atoms with Gasteiger partial charge in [0.05, 0.1) is 4.88 Å². The molecule has 64 valence electrons. The van der Waals surface area contributed by atoms with E-state index < -0.39 is 21.1 Å². The van der Waals surface area contributed by atoms with E-state index in [0.29, 0.717) is 0 Å². The number of carboxylic acids is 1. The second kappa shape index (κ2) is 3.51. The summed E-state index contributed by atoms with van der Waals surface area (Å²) in [7, 11) is -2.69. The van der Waals surface area contributed by atoms with Crippen molar-refractivity contribution in [2.24, 2.45) is 0 Å². The monoisotopic (exact) mass is 204 g/mol. The Hall–Kier alpha value is -1.14. The normalized spacial score (nSPS) is 9.33. The maximum Gasteiger partial charge on any atom is 0.352 e. The lowest BCUT2D eigenvalue weighted by Gasteiger charge is -1.88. The first-order valence-corrected chi connectivity index (χ1v) is 4.81. The summed E-state index contributed by atoms with van der Waals surface area (Å²) in [5.74, 6) is -1.43. The molecule has 1 aromatic heterocycles. The molecule has 1 rings (SSSR count). The number of carbonyl (C=O) groups is 1. The molecule has 4 nitrogen and oxygen atoms in total. The third-order valence-corrected chi connectivity index (χ3v) is 2.85. The number of hydrogen-bond acceptors (Lipinski definition) is 4. The van der Waals surface area contributed by atoms with Gasteiger partial charge in [0, 0.05) is 0 Å². The molecule has 6 heteroatoms. The first-order valence-electron chi connectivity index (χ1n) is 2.86. The molecule has 1 aromatic rings. The minimum Gasteiger partial charge on any atom is -0.477 e. The maximum absolute atomic E-state index is 10.4. The van der Waals surface area contributed by atoms with Gasteiger partial charge in [-0.05, 0) is 11.4 Å². The van der Waals surface area contributed by atoms with Crippen LogP contribution in [0.3, 0.4) is 0 Å². The van der Waals surface area contributed by atoms with E-state index in [0.717, 1.165) is 11.3 Å². The first kappa shape index (κ1) is 8.95. The van der Waals surface area contributed by atoms with Crippen LogP contribution in [-0.4, -0.2) is 24.4 Å². The van der Waals surface area contributed by atoms with E-state index in [1.165, 1.54) is 6.07 Å². The highest BCUT2D eigenvalue weighted by Crippen LogP contribution is 2.09. The lowest BCUT2D eigenvalue weighted by atomic mass is 10.3. The average Bonchev–Trinajstić information content (AvgIpc) is 2.37. The van der Waals surface area contributed by atoms with E-state index in [9.17, 15) is 13.2 Å². The molecular weight excluding hydrogens is 200 g/mol. The van der Waals surface area contributed by atoms with E-state index in [-0.39, 0.29) is 4.88 Å². The fourth-order valence-corrected chi connectivity index (χ4v) is 2.05. The van der Waals surface area contributed by atoms with E-state index >= 15 is 0 Å². The average molecular weight is 204 g/mol. The molecule has 0 aliphatic carbocycles. The molecule has 0 amide bonds. The van der Waals surface area contributed by atoms with Crippen LogP contribution in [0.15, 0.2) is 17.5 Å². The number of thiophene rings is 1. The van der Waals surface area contributed by atoms with Crippen LogP contribution in [0.5, 0.6) is 0 Å². The number of rotatable bonds is 2. The largest absolute Gasteiger partial charge is 0.477 e. The van der Waals surface area contributed by atoms with Crippen molar-refractivity contribution in [3.8, 4) is 0 Å². The van der Waals surface area contributed by atoms with Crippen LogP contribution in [0.2, 0.25) is 0 Å². The second-order valence-electron chi connectivity index (χ2n) is 1.85. The minimum atomic E-state index is -2.69. The number of hydrogen-bond donors (Lipinski definition) is 1. The molecule has 0 fully saturated rings. The Morgan fingerprint density at radius 2 is 2.17 bits per heavy atom. The molecule has 1 heterocycles. The van der Waals surface area contributed by atoms with Gasteiger partial charge in [0.2, 0.25) is 10.3 Å². The van der Waals surface area contributed by atoms with Gasteiger partial charge in [0.15, 0.2) is 4.86 Å². The molecule has 0 aliphatic rings. The second-order valence-corrected chi connectivity index (χ2v) is 3.67. The van der Waals surface area contributed by atoms with Crippen molar-refractivity contribution in [3.05, 3.63) is 22.4 Å². The van der Waals surface area contributed by atoms with Gasteiger partial charge < -0.3 is 5.11 Å². The van der Waals surface area contributed by atoms with Crippen molar-refractivity contribution in [1.29, 1.82) is 0 Å². The van der Waals surface area contributed by atoms with Crippen molar-refractivity contribution in [1.82, 2.24) is 0 Å². The predicted molar refractivity (Wildman–Crippen MR) is 45.0 cm³/mol. The fourth-order valence-electron chi connectivity index (χ4n) is 0.667. The highest BCUT2D eigenvalue weighted by Gasteiger charge is 2.14. The highest BCUT2D eigenvalue weighted by atomic mass is 32.2. The Bertz CT molecular complexity index is 404. The summed E-state index contributed by atoms with van der Waals surface area (Å²) in [5, 5.41) is 10.1. The molecule has 0 aromatic carbocycles. The molecule has 0 radical (unpaired) electrons. The Labute approximate surface area is 73.6 Å². The lowest BCUT2D eigenvalue weighted by Crippen LogP contribution is -2.13. The van der Waals surface area contributed by atoms with Gasteiger partial charge in [0.1, 0.15) is 0 Å². The Kier molecular flexibility index (Phi) is 2.61. The van der Waals surface area contributed by atoms with E-state index in [1.807, 2.05) is 0 Å². The van der Waals surface area contributed by atoms with Gasteiger partial charge in [-0.1, -0.05) is 6.07 Å². The van der Waals surface area contributed by atoms with Crippen LogP contribution in [0.4, 0.5) is 0 Å². The van der Waals surface area contributed by atoms with Gasteiger partial charge in [-0.2, -0.15) is 8.42 Å². The maximum atomic E-state index is 10.4. The molecular formula is C6H4O4S2. The van der Waals surface area contributed by atoms with Crippen molar-refractivity contribution in [2.75, 3.05) is 0 Å². The SMILES string of the molecule is O=C(O)C(c1cccs1)=S(=O)=O. The number of carboxylic acid groups (broad SMARTS) is 1. The molecule has 0 atom stereocenters. The smallest absolute Gasteiger partial charge is 0.352 e. The first-order chi connectivity index (χ1) is 5.63. The van der Waals surface area contributed by atoms with Gasteiger partial charge in [0.25, 0.3) is 0 Å². The molecule has 0 spiro atoms. The zero-order chi connectivity index (χ0) is 9.14. The predicted octanol–water partition coefficient (Wildman–Crippen LogP) is 0.232. The summed E-state index contributed by atoms with van der Waals surface area (Å²) in [4.78, 5) is 10.1. The molecule has 0 aliphatic heterocycles. The minimum absolute atomic E-state index is 0.246. The molecule has 0 saturated carbocycles. The van der Waals surface area contributed by atoms with E-state index in [2.05, 4.69) is 0 Å². The summed E-state index contributed by atoms with van der Waals surface area (Å²) in [6.45, 7) is 0. The highest BCUT2D eigenvalue weighted by molar-refractivity contribution is 7.75. The van der Waals surface area contributed by atoms with Crippen molar-refractivity contribution in [3.63, 3.8) is 0 Å². The fraction of sp³-hybridized carbons (Fsp3) is 0. The summed E-state index contributed by atoms with van der Waals surface area (Å²) in [6.07, 6.45) is 0. The van der Waals surface area contributed by atoms with Gasteiger partial charge in [-0.3, -0.25) is 0 Å². The topological polar surface area (TPSA) is 71.4 Å². The standard InChI is InChI=1S/C6H4O4S2/c7-6(8)5(12(9)10)4-2-1-3-11-4/h1-3H,(H,7,8). The van der Waals surface area contributed by atoms with E-state index in [4.69, 9.17) is 5.11 Å². The summed E-state index contributed by atoms with van der Waals surface area (Å²) >= 11 is 1.08. The third-order valence-electron chi connectivity index (χ3n) is 1.11. The molecule has 0 bridgehead atoms. The summed E-state index contributed by atoms with van der Waals surface area (Å²) in [5.41, 5.74) is 0. The Morgan fingerprint density at radius 1 is 1.50 bits per heavy atom. The molecule has 12 heavy (non-hydrogen) atoms. The zero-order valence-electron chi connectivity index (χ0n) is 5.72. The number of aliphatic carboxylic acids is 1. The third kappa shape index (κ3) is 1.72. The van der Waals surface area contributed by atoms with Gasteiger partial charge >= 0.3 is 5.97 Å². The summed E-state index contributed by atoms with van der Waals surface area (Å²) < 4.78 is 20.9. The van der Waals surface area contributed by atoms with E-state index in [1.54, 1.807) is 11.4 Å².